The van der Waals surface area contributed by atoms with Crippen molar-refractivity contribution in [2.24, 2.45) is 0 Å². The molecule has 3 heterocycles. The number of aromatic nitrogens is 2. The monoisotopic (exact) mass is 642 g/mol. The molecule has 0 aliphatic heterocycles. The summed E-state index contributed by atoms with van der Waals surface area (Å²) >= 11 is 1.74. The summed E-state index contributed by atoms with van der Waals surface area (Å²) in [4.78, 5) is 5.28. The zero-order valence-electron chi connectivity index (χ0n) is 26.2. The van der Waals surface area contributed by atoms with Gasteiger partial charge < -0.3 is 8.98 Å². The molecule has 228 valence electrons. The van der Waals surface area contributed by atoms with Gasteiger partial charge in [0.05, 0.1) is 26.6 Å². The van der Waals surface area contributed by atoms with Gasteiger partial charge in [-0.05, 0) is 75.6 Å². The summed E-state index contributed by atoms with van der Waals surface area (Å²) < 4.78 is 10.1. The van der Waals surface area contributed by atoms with Gasteiger partial charge in [0, 0.05) is 33.0 Å². The van der Waals surface area contributed by atoms with Crippen LogP contribution in [-0.2, 0) is 0 Å². The summed E-state index contributed by atoms with van der Waals surface area (Å²) in [6, 6.07) is 56.4. The van der Waals surface area contributed by atoms with Gasteiger partial charge in [-0.3, -0.25) is 0 Å². The molecular weight excluding hydrogens is 617 g/mol. The molecule has 8 aromatic carbocycles. The third kappa shape index (κ3) is 3.86. The number of hydrogen-bond donors (Lipinski definition) is 0. The molecule has 0 radical (unpaired) electrons. The lowest BCUT2D eigenvalue weighted by Crippen LogP contribution is -1.93. The van der Waals surface area contributed by atoms with E-state index >= 15 is 0 Å². The Bertz CT molecular complexity index is 3000. The highest BCUT2D eigenvalue weighted by Gasteiger charge is 2.21. The van der Waals surface area contributed by atoms with Crippen LogP contribution in [0.4, 0.5) is 0 Å². The molecule has 11 rings (SSSR count). The predicted molar refractivity (Wildman–Crippen MR) is 207 cm³/mol. The van der Waals surface area contributed by atoms with E-state index in [9.17, 15) is 0 Å². The van der Waals surface area contributed by atoms with Crippen LogP contribution < -0.4 is 0 Å². The van der Waals surface area contributed by atoms with Gasteiger partial charge in [-0.25, -0.2) is 4.98 Å². The molecule has 0 fully saturated rings. The van der Waals surface area contributed by atoms with E-state index in [0.717, 1.165) is 59.5 Å². The molecule has 3 aromatic heterocycles. The van der Waals surface area contributed by atoms with Gasteiger partial charge in [0.15, 0.2) is 0 Å². The van der Waals surface area contributed by atoms with Crippen molar-refractivity contribution in [2.45, 2.75) is 0 Å². The average molecular weight is 643 g/mol. The van der Waals surface area contributed by atoms with Crippen molar-refractivity contribution < 1.29 is 4.42 Å². The van der Waals surface area contributed by atoms with Crippen LogP contribution in [0.3, 0.4) is 0 Å². The van der Waals surface area contributed by atoms with E-state index in [1.807, 2.05) is 12.1 Å². The molecule has 0 saturated heterocycles. The van der Waals surface area contributed by atoms with Crippen LogP contribution in [0.1, 0.15) is 0 Å². The van der Waals surface area contributed by atoms with Crippen LogP contribution in [0.25, 0.3) is 103 Å². The molecule has 0 aliphatic carbocycles. The first-order valence-corrected chi connectivity index (χ1v) is 17.4. The summed E-state index contributed by atoms with van der Waals surface area (Å²) in [6.45, 7) is 0. The summed E-state index contributed by atoms with van der Waals surface area (Å²) in [5, 5.41) is 10.8. The molecule has 0 aliphatic rings. The third-order valence-corrected chi connectivity index (χ3v) is 11.1. The van der Waals surface area contributed by atoms with Crippen LogP contribution in [0.2, 0.25) is 0 Å². The van der Waals surface area contributed by atoms with Crippen LogP contribution in [0.5, 0.6) is 0 Å². The number of fused-ring (bicyclic) bond motifs is 12. The molecule has 0 unspecified atom stereocenters. The van der Waals surface area contributed by atoms with E-state index < -0.39 is 0 Å². The number of thiazole rings is 1. The van der Waals surface area contributed by atoms with Crippen LogP contribution >= 0.6 is 11.3 Å². The van der Waals surface area contributed by atoms with E-state index in [1.54, 1.807) is 11.3 Å². The maximum atomic E-state index is 6.50. The number of benzene rings is 8. The topological polar surface area (TPSA) is 31.0 Å². The molecule has 0 N–H and O–H groups in total. The van der Waals surface area contributed by atoms with Crippen molar-refractivity contribution in [3.8, 4) is 27.4 Å². The summed E-state index contributed by atoms with van der Waals surface area (Å²) in [5.41, 5.74) is 9.64. The number of furan rings is 1. The summed E-state index contributed by atoms with van der Waals surface area (Å²) in [7, 11) is 0. The van der Waals surface area contributed by atoms with Crippen molar-refractivity contribution in [3.05, 3.63) is 158 Å². The first-order valence-electron chi connectivity index (χ1n) is 16.5. The van der Waals surface area contributed by atoms with Crippen molar-refractivity contribution in [1.29, 1.82) is 0 Å². The van der Waals surface area contributed by atoms with Gasteiger partial charge >= 0.3 is 0 Å². The third-order valence-electron chi connectivity index (χ3n) is 10.0. The summed E-state index contributed by atoms with van der Waals surface area (Å²) in [6.07, 6.45) is 0. The Morgan fingerprint density at radius 3 is 1.82 bits per heavy atom. The molecule has 49 heavy (non-hydrogen) atoms. The van der Waals surface area contributed by atoms with Gasteiger partial charge in [-0.1, -0.05) is 109 Å². The average Bonchev–Trinajstić information content (AvgIpc) is 3.87. The minimum absolute atomic E-state index is 0.882. The maximum absolute atomic E-state index is 6.50. The first-order chi connectivity index (χ1) is 24.3. The van der Waals surface area contributed by atoms with E-state index in [-0.39, 0.29) is 0 Å². The first kappa shape index (κ1) is 26.8. The van der Waals surface area contributed by atoms with Crippen LogP contribution in [0.15, 0.2) is 162 Å². The molecule has 11 aromatic rings. The fourth-order valence-electron chi connectivity index (χ4n) is 7.81. The zero-order valence-corrected chi connectivity index (χ0v) is 27.0. The Kier molecular flexibility index (Phi) is 5.54. The van der Waals surface area contributed by atoms with Crippen LogP contribution in [-0.4, -0.2) is 9.55 Å². The quantitative estimate of drug-likeness (QED) is 0.192. The van der Waals surface area contributed by atoms with E-state index in [0.29, 0.717) is 0 Å². The highest BCUT2D eigenvalue weighted by Crippen LogP contribution is 2.44. The highest BCUT2D eigenvalue weighted by molar-refractivity contribution is 7.21. The normalized spacial score (nSPS) is 12.1. The molecule has 4 heteroatoms. The van der Waals surface area contributed by atoms with Crippen LogP contribution in [0, 0.1) is 0 Å². The predicted octanol–water partition coefficient (Wildman–Crippen LogP) is 12.9. The zero-order chi connectivity index (χ0) is 32.1. The fraction of sp³-hybridized carbons (Fsp3) is 0. The molecule has 3 nitrogen and oxygen atoms in total. The Balaban J connectivity index is 1.11. The van der Waals surface area contributed by atoms with Gasteiger partial charge in [0.25, 0.3) is 0 Å². The van der Waals surface area contributed by atoms with E-state index in [1.165, 1.54) is 43.4 Å². The molecule has 0 saturated carbocycles. The van der Waals surface area contributed by atoms with E-state index in [2.05, 4.69) is 150 Å². The van der Waals surface area contributed by atoms with Gasteiger partial charge in [-0.2, -0.15) is 0 Å². The number of para-hydroxylation sites is 1. The van der Waals surface area contributed by atoms with Crippen molar-refractivity contribution in [3.63, 3.8) is 0 Å². The Hall–Kier alpha value is -6.23. The Morgan fingerprint density at radius 2 is 1.12 bits per heavy atom. The molecule has 0 atom stereocenters. The minimum Gasteiger partial charge on any atom is -0.455 e. The number of rotatable bonds is 3. The largest absolute Gasteiger partial charge is 0.455 e. The lowest BCUT2D eigenvalue weighted by atomic mass is 10.00. The molecule has 0 bridgehead atoms. The Labute approximate surface area is 284 Å². The Morgan fingerprint density at radius 1 is 0.510 bits per heavy atom. The SMILES string of the molecule is c1ccc(-c2cc3sc(-c4ccc(-n5c6ccc7ccccc7c6c6c7ccccc7ccc65)cc4)nc3c3c2oc2ccccc23)cc1. The van der Waals surface area contributed by atoms with E-state index in [4.69, 9.17) is 9.40 Å². The lowest BCUT2D eigenvalue weighted by molar-refractivity contribution is 0.670. The smallest absolute Gasteiger partial charge is 0.145 e. The second kappa shape index (κ2) is 10.1. The van der Waals surface area contributed by atoms with Crippen molar-refractivity contribution >= 4 is 86.8 Å². The minimum atomic E-state index is 0.882. The molecule has 0 spiro atoms. The highest BCUT2D eigenvalue weighted by atomic mass is 32.1. The standard InChI is InChI=1S/C45H26N2OS/c1-2-10-27(11-3-1)35-26-39-43(42-34-16-8-9-17-38(34)48-44(35)42)46-45(49-39)30-18-22-31(23-19-30)47-36-24-20-28-12-4-6-14-32(28)40(36)41-33-15-7-5-13-29(33)21-25-37(41)47/h1-26H. The number of hydrogen-bond acceptors (Lipinski definition) is 3. The molecular formula is C45H26N2OS. The molecule has 0 amide bonds. The summed E-state index contributed by atoms with van der Waals surface area (Å²) in [5.74, 6) is 0. The second-order valence-electron chi connectivity index (χ2n) is 12.7. The van der Waals surface area contributed by atoms with Gasteiger partial charge in [0.2, 0.25) is 0 Å². The van der Waals surface area contributed by atoms with Crippen molar-refractivity contribution in [1.82, 2.24) is 9.55 Å². The van der Waals surface area contributed by atoms with Gasteiger partial charge in [-0.15, -0.1) is 11.3 Å². The second-order valence-corrected chi connectivity index (χ2v) is 13.7. The van der Waals surface area contributed by atoms with Crippen molar-refractivity contribution in [2.75, 3.05) is 0 Å². The maximum Gasteiger partial charge on any atom is 0.145 e. The lowest BCUT2D eigenvalue weighted by Gasteiger charge is -2.09. The number of nitrogens with zero attached hydrogens (tertiary/aromatic N) is 2. The fourth-order valence-corrected chi connectivity index (χ4v) is 8.83. The van der Waals surface area contributed by atoms with Gasteiger partial charge in [0.1, 0.15) is 16.2 Å².